The zero-order valence-corrected chi connectivity index (χ0v) is 21.2. The molecule has 3 aromatic heterocycles. The van der Waals surface area contributed by atoms with Crippen molar-refractivity contribution in [1.29, 1.82) is 0 Å². The second-order valence-corrected chi connectivity index (χ2v) is 8.93. The number of pyridine rings is 1. The van der Waals surface area contributed by atoms with E-state index in [-0.39, 0.29) is 27.4 Å². The quantitative estimate of drug-likeness (QED) is 0.276. The normalized spacial score (nSPS) is 15.3. The minimum Gasteiger partial charge on any atom is -0.496 e. The van der Waals surface area contributed by atoms with Crippen LogP contribution >= 0.6 is 0 Å². The number of rotatable bonds is 5. The van der Waals surface area contributed by atoms with Crippen LogP contribution in [0.2, 0.25) is 0 Å². The van der Waals surface area contributed by atoms with Crippen molar-refractivity contribution in [2.75, 3.05) is 30.4 Å². The Labute approximate surface area is 226 Å². The van der Waals surface area contributed by atoms with Gasteiger partial charge in [0.05, 0.1) is 41.8 Å². The van der Waals surface area contributed by atoms with Gasteiger partial charge in [0.1, 0.15) is 23.2 Å². The molecule has 0 radical (unpaired) electrons. The second-order valence-electron chi connectivity index (χ2n) is 8.93. The van der Waals surface area contributed by atoms with E-state index in [0.717, 1.165) is 18.8 Å². The summed E-state index contributed by atoms with van der Waals surface area (Å²) in [5, 5.41) is 16.6. The van der Waals surface area contributed by atoms with Gasteiger partial charge in [-0.15, -0.1) is 13.2 Å². The molecule has 13 heteroatoms. The van der Waals surface area contributed by atoms with Gasteiger partial charge in [-0.2, -0.15) is 9.78 Å². The van der Waals surface area contributed by atoms with Gasteiger partial charge >= 0.3 is 6.30 Å². The predicted molar refractivity (Wildman–Crippen MR) is 138 cm³/mol. The Hall–Kier alpha value is -4.70. The van der Waals surface area contributed by atoms with Gasteiger partial charge in [0.15, 0.2) is 5.82 Å². The number of β-amino-alcohol motifs (C(OH)–C–C–N with tert-alkyl or cyclic N) is 1. The number of nitrogens with one attached hydrogen (secondary N) is 1. The van der Waals surface area contributed by atoms with E-state index in [9.17, 15) is 22.7 Å². The van der Waals surface area contributed by atoms with Gasteiger partial charge in [-0.3, -0.25) is 0 Å². The van der Waals surface area contributed by atoms with E-state index in [0.29, 0.717) is 42.4 Å². The SMILES string of the molecule is COc1cccc(F)c1-c1nccc(Nc2cc(N3CCC[C@H](O)C3)c(C#Cc3cnn(C(F)(F)F)c3)cn2)n1. The summed E-state index contributed by atoms with van der Waals surface area (Å²) in [5.74, 6) is 6.17. The Morgan fingerprint density at radius 3 is 2.73 bits per heavy atom. The summed E-state index contributed by atoms with van der Waals surface area (Å²) in [6.45, 7) is 1.00. The number of piperidine rings is 1. The van der Waals surface area contributed by atoms with Crippen LogP contribution in [0.1, 0.15) is 24.0 Å². The molecule has 1 aromatic carbocycles. The van der Waals surface area contributed by atoms with Crippen LogP contribution < -0.4 is 15.0 Å². The lowest BCUT2D eigenvalue weighted by molar-refractivity contribution is -0.212. The average molecular weight is 554 g/mol. The highest BCUT2D eigenvalue weighted by Gasteiger charge is 2.31. The van der Waals surface area contributed by atoms with Crippen molar-refractivity contribution < 1.29 is 27.4 Å². The lowest BCUT2D eigenvalue weighted by Crippen LogP contribution is -2.38. The minimum atomic E-state index is -4.64. The summed E-state index contributed by atoms with van der Waals surface area (Å²) < 4.78 is 58.4. The maximum Gasteiger partial charge on any atom is 0.504 e. The molecule has 40 heavy (non-hydrogen) atoms. The highest BCUT2D eigenvalue weighted by atomic mass is 19.4. The first-order valence-electron chi connectivity index (χ1n) is 12.2. The van der Waals surface area contributed by atoms with E-state index in [4.69, 9.17) is 4.74 Å². The summed E-state index contributed by atoms with van der Waals surface area (Å²) in [6, 6.07) is 7.73. The lowest BCUT2D eigenvalue weighted by Gasteiger charge is -2.32. The number of alkyl halides is 3. The van der Waals surface area contributed by atoms with Crippen molar-refractivity contribution in [3.63, 3.8) is 0 Å². The van der Waals surface area contributed by atoms with E-state index >= 15 is 0 Å². The summed E-state index contributed by atoms with van der Waals surface area (Å²) in [7, 11) is 1.43. The van der Waals surface area contributed by atoms with Crippen LogP contribution in [0, 0.1) is 17.7 Å². The number of anilines is 3. The molecule has 1 aliphatic rings. The van der Waals surface area contributed by atoms with Crippen molar-refractivity contribution >= 4 is 17.3 Å². The van der Waals surface area contributed by atoms with Crippen molar-refractivity contribution in [3.05, 3.63) is 72.1 Å². The number of benzene rings is 1. The number of hydrogen-bond acceptors (Lipinski definition) is 8. The number of nitrogens with zero attached hydrogens (tertiary/aromatic N) is 6. The molecule has 1 fully saturated rings. The summed E-state index contributed by atoms with van der Waals surface area (Å²) in [6.07, 6.45) is 1.03. The molecule has 0 saturated carbocycles. The van der Waals surface area contributed by atoms with Crippen LogP contribution in [-0.2, 0) is 6.30 Å². The maximum absolute atomic E-state index is 14.6. The smallest absolute Gasteiger partial charge is 0.496 e. The maximum atomic E-state index is 14.6. The van der Waals surface area contributed by atoms with Crippen LogP contribution in [0.3, 0.4) is 0 Å². The van der Waals surface area contributed by atoms with Gasteiger partial charge in [-0.05, 0) is 31.0 Å². The molecule has 5 rings (SSSR count). The topological polar surface area (TPSA) is 101 Å². The molecule has 0 aliphatic carbocycles. The van der Waals surface area contributed by atoms with E-state index in [2.05, 4.69) is 37.2 Å². The first-order valence-corrected chi connectivity index (χ1v) is 12.2. The third kappa shape index (κ3) is 5.97. The number of ether oxygens (including phenoxy) is 1. The van der Waals surface area contributed by atoms with Crippen molar-refractivity contribution in [3.8, 4) is 29.0 Å². The van der Waals surface area contributed by atoms with Crippen LogP contribution in [0.25, 0.3) is 11.4 Å². The standard InChI is InChI=1S/C27H23F4N7O2/c1-40-22-6-2-5-20(28)25(22)26-32-10-9-23(36-26)35-24-12-21(37-11-3-4-19(39)16-37)18(14-33-24)8-7-17-13-34-38(15-17)27(29,30)31/h2,5-6,9-10,12-15,19,39H,3-4,11,16H2,1H3,(H,32,33,35,36)/t19-/m0/s1. The molecule has 0 unspecified atom stereocenters. The molecule has 2 N–H and O–H groups in total. The van der Waals surface area contributed by atoms with Crippen molar-refractivity contribution in [2.45, 2.75) is 25.2 Å². The van der Waals surface area contributed by atoms with Crippen molar-refractivity contribution in [1.82, 2.24) is 24.7 Å². The van der Waals surface area contributed by atoms with Gasteiger partial charge in [0.25, 0.3) is 0 Å². The number of hydrogen-bond donors (Lipinski definition) is 2. The molecular formula is C27H23F4N7O2. The first-order chi connectivity index (χ1) is 19.2. The Balaban J connectivity index is 1.47. The molecule has 0 spiro atoms. The van der Waals surface area contributed by atoms with E-state index in [1.165, 1.54) is 31.6 Å². The largest absolute Gasteiger partial charge is 0.504 e. The molecule has 4 heterocycles. The number of methoxy groups -OCH3 is 1. The van der Waals surface area contributed by atoms with Gasteiger partial charge in [0.2, 0.25) is 0 Å². The summed E-state index contributed by atoms with van der Waals surface area (Å²) in [5.41, 5.74) is 1.29. The molecule has 4 aromatic rings. The van der Waals surface area contributed by atoms with Gasteiger partial charge < -0.3 is 20.1 Å². The zero-order chi connectivity index (χ0) is 28.3. The Morgan fingerprint density at radius 2 is 1.98 bits per heavy atom. The molecular weight excluding hydrogens is 530 g/mol. The van der Waals surface area contributed by atoms with E-state index in [1.54, 1.807) is 18.2 Å². The number of halogens is 4. The van der Waals surface area contributed by atoms with Gasteiger partial charge in [-0.1, -0.05) is 17.9 Å². The monoisotopic (exact) mass is 553 g/mol. The molecule has 0 amide bonds. The minimum absolute atomic E-state index is 0.0845. The molecule has 1 atom stereocenters. The van der Waals surface area contributed by atoms with Gasteiger partial charge in [0, 0.05) is 37.7 Å². The Bertz CT molecular complexity index is 1580. The molecule has 206 valence electrons. The molecule has 1 saturated heterocycles. The first kappa shape index (κ1) is 26.9. The van der Waals surface area contributed by atoms with Crippen LogP contribution in [-0.4, -0.2) is 56.1 Å². The number of aromatic nitrogens is 5. The summed E-state index contributed by atoms with van der Waals surface area (Å²) in [4.78, 5) is 14.9. The fraction of sp³-hybridized carbons (Fsp3) is 0.259. The van der Waals surface area contributed by atoms with E-state index < -0.39 is 18.2 Å². The highest BCUT2D eigenvalue weighted by molar-refractivity contribution is 5.69. The molecule has 0 bridgehead atoms. The fourth-order valence-corrected chi connectivity index (χ4v) is 4.28. The zero-order valence-electron chi connectivity index (χ0n) is 21.2. The Morgan fingerprint density at radius 1 is 1.12 bits per heavy atom. The van der Waals surface area contributed by atoms with Crippen LogP contribution in [0.5, 0.6) is 5.75 Å². The highest BCUT2D eigenvalue weighted by Crippen LogP contribution is 2.31. The molecule has 9 nitrogen and oxygen atoms in total. The lowest BCUT2D eigenvalue weighted by atomic mass is 10.1. The second kappa shape index (κ2) is 11.2. The average Bonchev–Trinajstić information content (AvgIpc) is 3.42. The third-order valence-electron chi connectivity index (χ3n) is 6.13. The summed E-state index contributed by atoms with van der Waals surface area (Å²) >= 11 is 0. The number of aliphatic hydroxyl groups excluding tert-OH is 1. The van der Waals surface area contributed by atoms with Gasteiger partial charge in [-0.25, -0.2) is 19.3 Å². The van der Waals surface area contributed by atoms with Crippen molar-refractivity contribution in [2.24, 2.45) is 0 Å². The third-order valence-corrected chi connectivity index (χ3v) is 6.13. The Kier molecular flexibility index (Phi) is 7.52. The van der Waals surface area contributed by atoms with Crippen LogP contribution in [0.15, 0.2) is 55.1 Å². The van der Waals surface area contributed by atoms with Crippen LogP contribution in [0.4, 0.5) is 34.9 Å². The van der Waals surface area contributed by atoms with E-state index in [1.807, 2.05) is 4.90 Å². The number of aliphatic hydroxyl groups is 1. The fourth-order valence-electron chi connectivity index (χ4n) is 4.28. The molecule has 1 aliphatic heterocycles. The predicted octanol–water partition coefficient (Wildman–Crippen LogP) is 4.46.